The second-order valence-corrected chi connectivity index (χ2v) is 4.44. The second kappa shape index (κ2) is 5.14. The van der Waals surface area contributed by atoms with Gasteiger partial charge in [0, 0.05) is 22.2 Å². The standard InChI is InChI=1S/C15H13N3O2/c19-9-12-3-1-2-4-13(12)17-15(20)10-5-6-11-8-16-18-14(11)7-10/h1-8,19H,9H2,(H,16,18)(H,17,20). The van der Waals surface area contributed by atoms with Crippen molar-refractivity contribution in [1.29, 1.82) is 0 Å². The molecule has 5 nitrogen and oxygen atoms in total. The first-order valence-corrected chi connectivity index (χ1v) is 6.21. The third-order valence-corrected chi connectivity index (χ3v) is 3.14. The smallest absolute Gasteiger partial charge is 0.255 e. The van der Waals surface area contributed by atoms with Crippen molar-refractivity contribution in [2.45, 2.75) is 6.61 Å². The van der Waals surface area contributed by atoms with Gasteiger partial charge in [-0.25, -0.2) is 0 Å². The van der Waals surface area contributed by atoms with Crippen molar-refractivity contribution in [3.05, 3.63) is 59.8 Å². The van der Waals surface area contributed by atoms with Crippen LogP contribution in [0.1, 0.15) is 15.9 Å². The number of hydrogen-bond acceptors (Lipinski definition) is 3. The second-order valence-electron chi connectivity index (χ2n) is 4.44. The zero-order valence-electron chi connectivity index (χ0n) is 10.6. The molecule has 0 bridgehead atoms. The summed E-state index contributed by atoms with van der Waals surface area (Å²) in [6, 6.07) is 12.5. The van der Waals surface area contributed by atoms with Crippen LogP contribution in [-0.2, 0) is 6.61 Å². The lowest BCUT2D eigenvalue weighted by atomic mass is 10.1. The van der Waals surface area contributed by atoms with Crippen molar-refractivity contribution in [3.63, 3.8) is 0 Å². The lowest BCUT2D eigenvalue weighted by Crippen LogP contribution is -2.13. The number of rotatable bonds is 3. The molecule has 1 amide bonds. The summed E-state index contributed by atoms with van der Waals surface area (Å²) in [7, 11) is 0. The topological polar surface area (TPSA) is 78.0 Å². The van der Waals surface area contributed by atoms with Crippen LogP contribution in [0.25, 0.3) is 10.9 Å². The minimum atomic E-state index is -0.220. The predicted molar refractivity (Wildman–Crippen MR) is 76.4 cm³/mol. The highest BCUT2D eigenvalue weighted by Gasteiger charge is 2.09. The molecule has 0 atom stereocenters. The number of nitrogens with one attached hydrogen (secondary N) is 2. The molecule has 0 radical (unpaired) electrons. The number of hydrogen-bond donors (Lipinski definition) is 3. The zero-order valence-corrected chi connectivity index (χ0v) is 10.6. The van der Waals surface area contributed by atoms with Crippen molar-refractivity contribution in [2.75, 3.05) is 5.32 Å². The van der Waals surface area contributed by atoms with Crippen molar-refractivity contribution in [3.8, 4) is 0 Å². The van der Waals surface area contributed by atoms with Gasteiger partial charge in [0.05, 0.1) is 18.3 Å². The van der Waals surface area contributed by atoms with Gasteiger partial charge < -0.3 is 10.4 Å². The van der Waals surface area contributed by atoms with E-state index in [2.05, 4.69) is 15.5 Å². The van der Waals surface area contributed by atoms with Crippen LogP contribution in [0, 0.1) is 0 Å². The maximum atomic E-state index is 12.2. The number of fused-ring (bicyclic) bond motifs is 1. The zero-order chi connectivity index (χ0) is 13.9. The average Bonchev–Trinajstić information content (AvgIpc) is 2.95. The number of para-hydroxylation sites is 1. The molecule has 1 heterocycles. The summed E-state index contributed by atoms with van der Waals surface area (Å²) in [6.45, 7) is -0.115. The molecule has 100 valence electrons. The Labute approximate surface area is 115 Å². The van der Waals surface area contributed by atoms with E-state index >= 15 is 0 Å². The van der Waals surface area contributed by atoms with E-state index < -0.39 is 0 Å². The molecular weight excluding hydrogens is 254 g/mol. The number of nitrogens with zero attached hydrogens (tertiary/aromatic N) is 1. The fourth-order valence-electron chi connectivity index (χ4n) is 2.05. The third-order valence-electron chi connectivity index (χ3n) is 3.14. The van der Waals surface area contributed by atoms with E-state index in [1.165, 1.54) is 0 Å². The Bertz CT molecular complexity index is 764. The molecule has 3 N–H and O–H groups in total. The molecule has 0 aliphatic carbocycles. The van der Waals surface area contributed by atoms with Gasteiger partial charge in [0.2, 0.25) is 0 Å². The maximum absolute atomic E-state index is 12.2. The van der Waals surface area contributed by atoms with Gasteiger partial charge in [0.1, 0.15) is 0 Å². The van der Waals surface area contributed by atoms with E-state index in [-0.39, 0.29) is 12.5 Å². The molecule has 2 aromatic carbocycles. The summed E-state index contributed by atoms with van der Waals surface area (Å²) < 4.78 is 0. The number of carbonyl (C=O) groups excluding carboxylic acids is 1. The summed E-state index contributed by atoms with van der Waals surface area (Å²) in [5.74, 6) is -0.220. The van der Waals surface area contributed by atoms with Gasteiger partial charge in [0.15, 0.2) is 0 Å². The van der Waals surface area contributed by atoms with E-state index in [0.717, 1.165) is 10.9 Å². The summed E-state index contributed by atoms with van der Waals surface area (Å²) >= 11 is 0. The van der Waals surface area contributed by atoms with Crippen LogP contribution in [0.2, 0.25) is 0 Å². The van der Waals surface area contributed by atoms with Crippen LogP contribution in [0.3, 0.4) is 0 Å². The van der Waals surface area contributed by atoms with E-state index in [0.29, 0.717) is 16.8 Å². The quantitative estimate of drug-likeness (QED) is 0.681. The highest BCUT2D eigenvalue weighted by Crippen LogP contribution is 2.18. The van der Waals surface area contributed by atoms with E-state index in [1.54, 1.807) is 30.5 Å². The Balaban J connectivity index is 1.88. The Kier molecular flexibility index (Phi) is 3.18. The van der Waals surface area contributed by atoms with Gasteiger partial charge in [-0.3, -0.25) is 9.89 Å². The van der Waals surface area contributed by atoms with E-state index in [1.807, 2.05) is 18.2 Å². The highest BCUT2D eigenvalue weighted by atomic mass is 16.3. The Morgan fingerprint density at radius 3 is 2.95 bits per heavy atom. The SMILES string of the molecule is O=C(Nc1ccccc1CO)c1ccc2cn[nH]c2c1. The number of benzene rings is 2. The minimum Gasteiger partial charge on any atom is -0.392 e. The number of carbonyl (C=O) groups is 1. The number of aliphatic hydroxyl groups is 1. The van der Waals surface area contributed by atoms with Gasteiger partial charge in [-0.05, 0) is 18.2 Å². The fourth-order valence-corrected chi connectivity index (χ4v) is 2.05. The molecule has 20 heavy (non-hydrogen) atoms. The van der Waals surface area contributed by atoms with Gasteiger partial charge >= 0.3 is 0 Å². The molecule has 3 aromatic rings. The van der Waals surface area contributed by atoms with Crippen molar-refractivity contribution < 1.29 is 9.90 Å². The van der Waals surface area contributed by atoms with Crippen LogP contribution < -0.4 is 5.32 Å². The number of amides is 1. The summed E-state index contributed by atoms with van der Waals surface area (Å²) in [5, 5.41) is 19.8. The van der Waals surface area contributed by atoms with Crippen molar-refractivity contribution in [2.24, 2.45) is 0 Å². The molecule has 0 unspecified atom stereocenters. The summed E-state index contributed by atoms with van der Waals surface area (Å²) in [6.07, 6.45) is 1.71. The Morgan fingerprint density at radius 2 is 2.10 bits per heavy atom. The summed E-state index contributed by atoms with van der Waals surface area (Å²) in [4.78, 5) is 12.2. The number of anilines is 1. The number of aromatic amines is 1. The van der Waals surface area contributed by atoms with Crippen LogP contribution in [-0.4, -0.2) is 21.2 Å². The molecule has 0 aliphatic heterocycles. The molecule has 0 saturated heterocycles. The average molecular weight is 267 g/mol. The van der Waals surface area contributed by atoms with Crippen LogP contribution in [0.4, 0.5) is 5.69 Å². The van der Waals surface area contributed by atoms with Crippen LogP contribution >= 0.6 is 0 Å². The normalized spacial score (nSPS) is 10.7. The van der Waals surface area contributed by atoms with Crippen molar-refractivity contribution in [1.82, 2.24) is 10.2 Å². The van der Waals surface area contributed by atoms with Crippen LogP contribution in [0.5, 0.6) is 0 Å². The molecular formula is C15H13N3O2. The van der Waals surface area contributed by atoms with E-state index in [4.69, 9.17) is 0 Å². The van der Waals surface area contributed by atoms with Gasteiger partial charge in [0.25, 0.3) is 5.91 Å². The first kappa shape index (κ1) is 12.4. The molecule has 0 saturated carbocycles. The molecule has 5 heteroatoms. The minimum absolute atomic E-state index is 0.115. The van der Waals surface area contributed by atoms with Gasteiger partial charge in [-0.15, -0.1) is 0 Å². The lowest BCUT2D eigenvalue weighted by molar-refractivity contribution is 0.102. The largest absolute Gasteiger partial charge is 0.392 e. The molecule has 0 spiro atoms. The predicted octanol–water partition coefficient (Wildman–Crippen LogP) is 2.31. The molecule has 1 aromatic heterocycles. The Morgan fingerprint density at radius 1 is 1.25 bits per heavy atom. The lowest BCUT2D eigenvalue weighted by Gasteiger charge is -2.09. The summed E-state index contributed by atoms with van der Waals surface area (Å²) in [5.41, 5.74) is 2.65. The Hall–Kier alpha value is -2.66. The first-order chi connectivity index (χ1) is 9.78. The third kappa shape index (κ3) is 2.26. The number of aliphatic hydroxyl groups excluding tert-OH is 1. The number of aromatic nitrogens is 2. The first-order valence-electron chi connectivity index (χ1n) is 6.21. The monoisotopic (exact) mass is 267 g/mol. The van der Waals surface area contributed by atoms with Gasteiger partial charge in [-0.2, -0.15) is 5.10 Å². The molecule has 0 aliphatic rings. The highest BCUT2D eigenvalue weighted by molar-refractivity contribution is 6.06. The van der Waals surface area contributed by atoms with Gasteiger partial charge in [-0.1, -0.05) is 24.3 Å². The molecule has 3 rings (SSSR count). The van der Waals surface area contributed by atoms with Crippen LogP contribution in [0.15, 0.2) is 48.7 Å². The fraction of sp³-hybridized carbons (Fsp3) is 0.0667. The molecule has 0 fully saturated rings. The van der Waals surface area contributed by atoms with E-state index in [9.17, 15) is 9.90 Å². The van der Waals surface area contributed by atoms with Crippen molar-refractivity contribution >= 4 is 22.5 Å². The number of H-pyrrole nitrogens is 1. The maximum Gasteiger partial charge on any atom is 0.255 e.